The molecule has 4 heteroatoms. The molecule has 0 aliphatic carbocycles. The third-order valence-electron chi connectivity index (χ3n) is 2.25. The Hall–Kier alpha value is -2.36. The van der Waals surface area contributed by atoms with Crippen LogP contribution in [0.5, 0.6) is 0 Å². The largest absolute Gasteiger partial charge is 0.397 e. The van der Waals surface area contributed by atoms with Crippen molar-refractivity contribution in [1.82, 2.24) is 4.98 Å². The number of hydrogen-bond donors (Lipinski definition) is 2. The highest BCUT2D eigenvalue weighted by molar-refractivity contribution is 5.91. The lowest BCUT2D eigenvalue weighted by atomic mass is 10.2. The van der Waals surface area contributed by atoms with Crippen molar-refractivity contribution in [2.45, 2.75) is 6.42 Å². The van der Waals surface area contributed by atoms with Gasteiger partial charge in [-0.3, -0.25) is 9.78 Å². The van der Waals surface area contributed by atoms with Crippen molar-refractivity contribution in [3.8, 4) is 0 Å². The van der Waals surface area contributed by atoms with E-state index in [1.165, 1.54) is 0 Å². The number of pyridine rings is 1. The first kappa shape index (κ1) is 11.1. The molecule has 0 radical (unpaired) electrons. The van der Waals surface area contributed by atoms with Crippen LogP contribution in [-0.2, 0) is 11.2 Å². The molecule has 0 bridgehead atoms. The molecule has 4 nitrogen and oxygen atoms in total. The lowest BCUT2D eigenvalue weighted by Crippen LogP contribution is -2.15. The number of nitrogens with zero attached hydrogens (tertiary/aromatic N) is 1. The zero-order valence-electron chi connectivity index (χ0n) is 9.26. The number of aromatic nitrogens is 1. The van der Waals surface area contributed by atoms with E-state index in [9.17, 15) is 4.79 Å². The van der Waals surface area contributed by atoms with Gasteiger partial charge >= 0.3 is 0 Å². The Bertz CT molecular complexity index is 494. The molecule has 0 saturated heterocycles. The van der Waals surface area contributed by atoms with Crippen LogP contribution in [0.3, 0.4) is 0 Å². The van der Waals surface area contributed by atoms with Gasteiger partial charge in [-0.1, -0.05) is 18.2 Å². The van der Waals surface area contributed by atoms with E-state index < -0.39 is 0 Å². The fourth-order valence-corrected chi connectivity index (χ4v) is 1.43. The number of carbonyl (C=O) groups excluding carboxylic acids is 1. The van der Waals surface area contributed by atoms with E-state index in [2.05, 4.69) is 10.3 Å². The van der Waals surface area contributed by atoms with Crippen molar-refractivity contribution in [1.29, 1.82) is 0 Å². The van der Waals surface area contributed by atoms with Crippen molar-refractivity contribution in [3.63, 3.8) is 0 Å². The number of rotatable bonds is 3. The van der Waals surface area contributed by atoms with Crippen LogP contribution in [0.4, 0.5) is 11.4 Å². The SMILES string of the molecule is Nc1ccc(CC(=O)Nc2ccccc2)nc1. The second kappa shape index (κ2) is 5.12. The van der Waals surface area contributed by atoms with E-state index >= 15 is 0 Å². The summed E-state index contributed by atoms with van der Waals surface area (Å²) in [5, 5.41) is 2.79. The lowest BCUT2D eigenvalue weighted by molar-refractivity contribution is -0.115. The second-order valence-electron chi connectivity index (χ2n) is 3.67. The number of carbonyl (C=O) groups is 1. The predicted molar refractivity (Wildman–Crippen MR) is 67.4 cm³/mol. The first-order valence-corrected chi connectivity index (χ1v) is 5.29. The smallest absolute Gasteiger partial charge is 0.230 e. The monoisotopic (exact) mass is 227 g/mol. The molecule has 0 aliphatic rings. The number of amides is 1. The van der Waals surface area contributed by atoms with Crippen LogP contribution in [0.2, 0.25) is 0 Å². The molecular formula is C13H13N3O. The first-order chi connectivity index (χ1) is 8.24. The summed E-state index contributed by atoms with van der Waals surface area (Å²) in [4.78, 5) is 15.8. The Balaban J connectivity index is 1.96. The maximum absolute atomic E-state index is 11.7. The van der Waals surface area contributed by atoms with Crippen LogP contribution in [0.25, 0.3) is 0 Å². The normalized spacial score (nSPS) is 9.88. The van der Waals surface area contributed by atoms with Gasteiger partial charge in [0.25, 0.3) is 0 Å². The van der Waals surface area contributed by atoms with E-state index in [1.54, 1.807) is 18.3 Å². The highest BCUT2D eigenvalue weighted by Crippen LogP contribution is 2.07. The highest BCUT2D eigenvalue weighted by Gasteiger charge is 2.04. The molecule has 0 aliphatic heterocycles. The van der Waals surface area contributed by atoms with Gasteiger partial charge in [0.05, 0.1) is 18.3 Å². The van der Waals surface area contributed by atoms with Crippen LogP contribution >= 0.6 is 0 Å². The van der Waals surface area contributed by atoms with Crippen molar-refractivity contribution >= 4 is 17.3 Å². The number of anilines is 2. The fourth-order valence-electron chi connectivity index (χ4n) is 1.43. The summed E-state index contributed by atoms with van der Waals surface area (Å²) in [7, 11) is 0. The molecule has 3 N–H and O–H groups in total. The minimum atomic E-state index is -0.0894. The summed E-state index contributed by atoms with van der Waals surface area (Å²) in [6, 6.07) is 12.8. The van der Waals surface area contributed by atoms with Crippen molar-refractivity contribution in [2.75, 3.05) is 11.1 Å². The van der Waals surface area contributed by atoms with E-state index in [4.69, 9.17) is 5.73 Å². The van der Waals surface area contributed by atoms with Crippen LogP contribution < -0.4 is 11.1 Å². The van der Waals surface area contributed by atoms with E-state index in [0.29, 0.717) is 11.4 Å². The fraction of sp³-hybridized carbons (Fsp3) is 0.0769. The van der Waals surface area contributed by atoms with Gasteiger partial charge in [0, 0.05) is 11.4 Å². The molecule has 0 fully saturated rings. The van der Waals surface area contributed by atoms with Gasteiger partial charge in [-0.25, -0.2) is 0 Å². The van der Waals surface area contributed by atoms with Gasteiger partial charge in [0.2, 0.25) is 5.91 Å². The molecule has 0 saturated carbocycles. The van der Waals surface area contributed by atoms with Crippen LogP contribution in [0.1, 0.15) is 5.69 Å². The number of para-hydroxylation sites is 1. The minimum Gasteiger partial charge on any atom is -0.397 e. The van der Waals surface area contributed by atoms with Gasteiger partial charge in [-0.2, -0.15) is 0 Å². The third kappa shape index (κ3) is 3.31. The van der Waals surface area contributed by atoms with Gasteiger partial charge < -0.3 is 11.1 Å². The van der Waals surface area contributed by atoms with Crippen molar-refractivity contribution in [2.24, 2.45) is 0 Å². The maximum atomic E-state index is 11.7. The lowest BCUT2D eigenvalue weighted by Gasteiger charge is -2.04. The molecule has 0 unspecified atom stereocenters. The molecule has 1 aromatic heterocycles. The number of nitrogen functional groups attached to an aromatic ring is 1. The number of nitrogens with one attached hydrogen (secondary N) is 1. The average Bonchev–Trinajstić information content (AvgIpc) is 2.33. The predicted octanol–water partition coefficient (Wildman–Crippen LogP) is 1.84. The van der Waals surface area contributed by atoms with E-state index in [0.717, 1.165) is 5.69 Å². The average molecular weight is 227 g/mol. The zero-order chi connectivity index (χ0) is 12.1. The quantitative estimate of drug-likeness (QED) is 0.840. The molecule has 2 aromatic rings. The summed E-state index contributed by atoms with van der Waals surface area (Å²) in [5.41, 5.74) is 7.60. The Morgan fingerprint density at radius 2 is 1.94 bits per heavy atom. The summed E-state index contributed by atoms with van der Waals surface area (Å²) in [5.74, 6) is -0.0894. The molecule has 86 valence electrons. The van der Waals surface area contributed by atoms with E-state index in [1.807, 2.05) is 30.3 Å². The first-order valence-electron chi connectivity index (χ1n) is 5.29. The van der Waals surface area contributed by atoms with Gasteiger partial charge in [0.1, 0.15) is 0 Å². The Labute approximate surface area is 99.5 Å². The minimum absolute atomic E-state index is 0.0894. The number of benzene rings is 1. The van der Waals surface area contributed by atoms with Crippen molar-refractivity contribution < 1.29 is 4.79 Å². The summed E-state index contributed by atoms with van der Waals surface area (Å²) >= 11 is 0. The number of hydrogen-bond acceptors (Lipinski definition) is 3. The van der Waals surface area contributed by atoms with Crippen LogP contribution in [-0.4, -0.2) is 10.9 Å². The summed E-state index contributed by atoms with van der Waals surface area (Å²) < 4.78 is 0. The second-order valence-corrected chi connectivity index (χ2v) is 3.67. The van der Waals surface area contributed by atoms with Gasteiger partial charge in [-0.15, -0.1) is 0 Å². The van der Waals surface area contributed by atoms with Crippen LogP contribution in [0, 0.1) is 0 Å². The molecule has 1 heterocycles. The Kier molecular flexibility index (Phi) is 3.35. The van der Waals surface area contributed by atoms with Gasteiger partial charge in [-0.05, 0) is 24.3 Å². The number of nitrogens with two attached hydrogens (primary N) is 1. The van der Waals surface area contributed by atoms with Crippen molar-refractivity contribution in [3.05, 3.63) is 54.4 Å². The standard InChI is InChI=1S/C13H13N3O/c14-10-6-7-12(15-9-10)8-13(17)16-11-4-2-1-3-5-11/h1-7,9H,8,14H2,(H,16,17). The van der Waals surface area contributed by atoms with Gasteiger partial charge in [0.15, 0.2) is 0 Å². The summed E-state index contributed by atoms with van der Waals surface area (Å²) in [6.07, 6.45) is 1.79. The molecule has 17 heavy (non-hydrogen) atoms. The maximum Gasteiger partial charge on any atom is 0.230 e. The molecule has 0 atom stereocenters. The van der Waals surface area contributed by atoms with Crippen LogP contribution in [0.15, 0.2) is 48.7 Å². The molecule has 2 rings (SSSR count). The third-order valence-corrected chi connectivity index (χ3v) is 2.25. The topological polar surface area (TPSA) is 68.0 Å². The molecule has 0 spiro atoms. The summed E-state index contributed by atoms with van der Waals surface area (Å²) in [6.45, 7) is 0. The molecular weight excluding hydrogens is 214 g/mol. The Morgan fingerprint density at radius 3 is 2.59 bits per heavy atom. The molecule has 1 amide bonds. The highest BCUT2D eigenvalue weighted by atomic mass is 16.1. The zero-order valence-corrected chi connectivity index (χ0v) is 9.26. The molecule has 1 aromatic carbocycles. The van der Waals surface area contributed by atoms with E-state index in [-0.39, 0.29) is 12.3 Å². The Morgan fingerprint density at radius 1 is 1.18 bits per heavy atom.